The Bertz CT molecular complexity index is 808. The number of sulfonamides is 1. The van der Waals surface area contributed by atoms with Gasteiger partial charge in [-0.3, -0.25) is 9.59 Å². The molecule has 0 saturated heterocycles. The monoisotopic (exact) mass is 419 g/mol. The summed E-state index contributed by atoms with van der Waals surface area (Å²) in [5.74, 6) is -1.96. The number of benzene rings is 1. The van der Waals surface area contributed by atoms with E-state index in [0.29, 0.717) is 0 Å². The van der Waals surface area contributed by atoms with E-state index in [9.17, 15) is 22.8 Å². The van der Waals surface area contributed by atoms with Gasteiger partial charge in [-0.15, -0.1) is 0 Å². The number of hydrogen-bond donors (Lipinski definition) is 2. The van der Waals surface area contributed by atoms with Crippen molar-refractivity contribution in [1.29, 1.82) is 0 Å². The third kappa shape index (κ3) is 6.19. The molecular formula is C16H22ClN3O6S. The SMILES string of the molecule is CCN(CC)S(=O)(=O)c1cc(C(=O)OCC(=O)NCC(=O)NC)ccc1Cl. The number of nitrogens with one attached hydrogen (secondary N) is 2. The molecule has 0 aliphatic carbocycles. The van der Waals surface area contributed by atoms with Crippen LogP contribution in [-0.4, -0.2) is 63.8 Å². The van der Waals surface area contributed by atoms with Gasteiger partial charge in [0.15, 0.2) is 6.61 Å². The number of carbonyl (C=O) groups is 3. The molecule has 150 valence electrons. The topological polar surface area (TPSA) is 122 Å². The zero-order valence-corrected chi connectivity index (χ0v) is 16.8. The van der Waals surface area contributed by atoms with Gasteiger partial charge >= 0.3 is 5.97 Å². The molecule has 0 unspecified atom stereocenters. The van der Waals surface area contributed by atoms with Crippen LogP contribution in [0.1, 0.15) is 24.2 Å². The fourth-order valence-electron chi connectivity index (χ4n) is 2.06. The maximum Gasteiger partial charge on any atom is 0.338 e. The Kier molecular flexibility index (Phi) is 8.67. The molecule has 2 N–H and O–H groups in total. The number of ether oxygens (including phenoxy) is 1. The molecule has 0 radical (unpaired) electrons. The molecule has 1 aromatic rings. The van der Waals surface area contributed by atoms with Gasteiger partial charge in [-0.25, -0.2) is 13.2 Å². The van der Waals surface area contributed by atoms with Gasteiger partial charge in [0, 0.05) is 20.1 Å². The minimum absolute atomic E-state index is 0.0261. The van der Waals surface area contributed by atoms with Crippen LogP contribution in [0.4, 0.5) is 0 Å². The molecule has 0 saturated carbocycles. The second-order valence-corrected chi connectivity index (χ2v) is 7.57. The van der Waals surface area contributed by atoms with Crippen LogP contribution in [0.2, 0.25) is 5.02 Å². The van der Waals surface area contributed by atoms with Gasteiger partial charge in [0.1, 0.15) is 4.90 Å². The first-order chi connectivity index (χ1) is 12.7. The molecule has 0 aliphatic rings. The number of esters is 1. The average molecular weight is 420 g/mol. The highest BCUT2D eigenvalue weighted by Gasteiger charge is 2.26. The van der Waals surface area contributed by atoms with E-state index in [-0.39, 0.29) is 35.1 Å². The number of nitrogens with zero attached hydrogens (tertiary/aromatic N) is 1. The Hall–Kier alpha value is -2.17. The van der Waals surface area contributed by atoms with Crippen molar-refractivity contribution >= 4 is 39.4 Å². The molecule has 0 bridgehead atoms. The summed E-state index contributed by atoms with van der Waals surface area (Å²) in [6, 6.07) is 3.69. The van der Waals surface area contributed by atoms with Gasteiger partial charge in [0.2, 0.25) is 15.9 Å². The summed E-state index contributed by atoms with van der Waals surface area (Å²) >= 11 is 6.00. The second kappa shape index (κ2) is 10.2. The number of likely N-dealkylation sites (N-methyl/N-ethyl adjacent to an activating group) is 1. The Balaban J connectivity index is 2.88. The zero-order chi connectivity index (χ0) is 20.6. The van der Waals surface area contributed by atoms with Crippen LogP contribution >= 0.6 is 11.6 Å². The molecular weight excluding hydrogens is 398 g/mol. The highest BCUT2D eigenvalue weighted by molar-refractivity contribution is 7.89. The van der Waals surface area contributed by atoms with Crippen molar-refractivity contribution in [1.82, 2.24) is 14.9 Å². The minimum atomic E-state index is -3.87. The van der Waals surface area contributed by atoms with E-state index >= 15 is 0 Å². The minimum Gasteiger partial charge on any atom is -0.452 e. The number of amides is 2. The molecule has 27 heavy (non-hydrogen) atoms. The average Bonchev–Trinajstić information content (AvgIpc) is 2.64. The molecule has 2 amide bonds. The van der Waals surface area contributed by atoms with Crippen molar-refractivity contribution in [2.75, 3.05) is 33.3 Å². The third-order valence-electron chi connectivity index (χ3n) is 3.55. The Morgan fingerprint density at radius 1 is 1.15 bits per heavy atom. The predicted octanol–water partition coefficient (Wildman–Crippen LogP) is 0.390. The van der Waals surface area contributed by atoms with Crippen LogP contribution in [-0.2, 0) is 24.3 Å². The lowest BCUT2D eigenvalue weighted by Crippen LogP contribution is -2.37. The molecule has 1 aromatic carbocycles. The molecule has 0 heterocycles. The van der Waals surface area contributed by atoms with Gasteiger partial charge in [-0.1, -0.05) is 25.4 Å². The van der Waals surface area contributed by atoms with Crippen LogP contribution in [0.3, 0.4) is 0 Å². The van der Waals surface area contributed by atoms with Crippen molar-refractivity contribution < 1.29 is 27.5 Å². The van der Waals surface area contributed by atoms with Crippen molar-refractivity contribution in [2.24, 2.45) is 0 Å². The molecule has 0 aliphatic heterocycles. The molecule has 11 heteroatoms. The van der Waals surface area contributed by atoms with Gasteiger partial charge in [-0.2, -0.15) is 4.31 Å². The maximum atomic E-state index is 12.6. The fraction of sp³-hybridized carbons (Fsp3) is 0.438. The van der Waals surface area contributed by atoms with E-state index in [2.05, 4.69) is 10.6 Å². The maximum absolute atomic E-state index is 12.6. The Morgan fingerprint density at radius 3 is 2.33 bits per heavy atom. The lowest BCUT2D eigenvalue weighted by Gasteiger charge is -2.19. The molecule has 1 rings (SSSR count). The van der Waals surface area contributed by atoms with E-state index in [1.165, 1.54) is 23.5 Å². The number of carbonyl (C=O) groups excluding carboxylic acids is 3. The standard InChI is InChI=1S/C16H22ClN3O6S/c1-4-20(5-2)27(24,25)13-8-11(6-7-12(13)17)16(23)26-10-15(22)19-9-14(21)18-3/h6-8H,4-5,9-10H2,1-3H3,(H,18,21)(H,19,22). The summed E-state index contributed by atoms with van der Waals surface area (Å²) in [6.45, 7) is 3.00. The second-order valence-electron chi connectivity index (χ2n) is 5.26. The lowest BCUT2D eigenvalue weighted by molar-refractivity contribution is -0.127. The highest BCUT2D eigenvalue weighted by Crippen LogP contribution is 2.26. The Labute approximate surface area is 163 Å². The normalized spacial score (nSPS) is 11.1. The first-order valence-electron chi connectivity index (χ1n) is 8.11. The van der Waals surface area contributed by atoms with E-state index in [0.717, 1.165) is 6.07 Å². The molecule has 0 spiro atoms. The number of halogens is 1. The van der Waals surface area contributed by atoms with E-state index < -0.39 is 34.4 Å². The van der Waals surface area contributed by atoms with Crippen molar-refractivity contribution in [3.05, 3.63) is 28.8 Å². The van der Waals surface area contributed by atoms with Gasteiger partial charge in [-0.05, 0) is 18.2 Å². The largest absolute Gasteiger partial charge is 0.452 e. The van der Waals surface area contributed by atoms with Crippen LogP contribution in [0.15, 0.2) is 23.1 Å². The van der Waals surface area contributed by atoms with Crippen LogP contribution in [0.5, 0.6) is 0 Å². The smallest absolute Gasteiger partial charge is 0.338 e. The first-order valence-corrected chi connectivity index (χ1v) is 9.93. The molecule has 0 atom stereocenters. The predicted molar refractivity (Wildman–Crippen MR) is 98.9 cm³/mol. The van der Waals surface area contributed by atoms with Crippen LogP contribution in [0, 0.1) is 0 Å². The van der Waals surface area contributed by atoms with E-state index in [1.807, 2.05) is 0 Å². The Morgan fingerprint density at radius 2 is 1.78 bits per heavy atom. The van der Waals surface area contributed by atoms with Gasteiger partial charge < -0.3 is 15.4 Å². The fourth-order valence-corrected chi connectivity index (χ4v) is 4.02. The lowest BCUT2D eigenvalue weighted by atomic mass is 10.2. The molecule has 0 fully saturated rings. The summed E-state index contributed by atoms with van der Waals surface area (Å²) in [5, 5.41) is 4.56. The quantitative estimate of drug-likeness (QED) is 0.558. The first kappa shape index (κ1) is 22.9. The number of rotatable bonds is 9. The van der Waals surface area contributed by atoms with E-state index in [1.54, 1.807) is 13.8 Å². The van der Waals surface area contributed by atoms with Crippen molar-refractivity contribution in [2.45, 2.75) is 18.7 Å². The molecule has 9 nitrogen and oxygen atoms in total. The van der Waals surface area contributed by atoms with Gasteiger partial charge in [0.05, 0.1) is 17.1 Å². The van der Waals surface area contributed by atoms with Crippen molar-refractivity contribution in [3.8, 4) is 0 Å². The molecule has 0 aromatic heterocycles. The van der Waals surface area contributed by atoms with E-state index in [4.69, 9.17) is 16.3 Å². The third-order valence-corrected chi connectivity index (χ3v) is 6.08. The summed E-state index contributed by atoms with van der Waals surface area (Å²) in [7, 11) is -2.45. The highest BCUT2D eigenvalue weighted by atomic mass is 35.5. The number of hydrogen-bond acceptors (Lipinski definition) is 6. The van der Waals surface area contributed by atoms with Crippen LogP contribution < -0.4 is 10.6 Å². The van der Waals surface area contributed by atoms with Gasteiger partial charge in [0.25, 0.3) is 5.91 Å². The van der Waals surface area contributed by atoms with Crippen LogP contribution in [0.25, 0.3) is 0 Å². The summed E-state index contributed by atoms with van der Waals surface area (Å²) < 4.78 is 31.3. The summed E-state index contributed by atoms with van der Waals surface area (Å²) in [6.07, 6.45) is 0. The van der Waals surface area contributed by atoms with Crippen molar-refractivity contribution in [3.63, 3.8) is 0 Å². The zero-order valence-electron chi connectivity index (χ0n) is 15.2. The summed E-state index contributed by atoms with van der Waals surface area (Å²) in [5.41, 5.74) is -0.0655. The summed E-state index contributed by atoms with van der Waals surface area (Å²) in [4.78, 5) is 34.5.